The van der Waals surface area contributed by atoms with E-state index in [1.165, 1.54) is 0 Å². The topological polar surface area (TPSA) is 50.4 Å². The fourth-order valence-electron chi connectivity index (χ4n) is 2.54. The van der Waals surface area contributed by atoms with Crippen LogP contribution in [0, 0.1) is 13.8 Å². The minimum atomic E-state index is -0.0948. The van der Waals surface area contributed by atoms with Gasteiger partial charge in [0.15, 0.2) is 0 Å². The molecule has 0 atom stereocenters. The van der Waals surface area contributed by atoms with Gasteiger partial charge >= 0.3 is 0 Å². The Labute approximate surface area is 153 Å². The van der Waals surface area contributed by atoms with Crippen LogP contribution in [0.25, 0.3) is 0 Å². The summed E-state index contributed by atoms with van der Waals surface area (Å²) < 4.78 is 5.74. The van der Waals surface area contributed by atoms with Crippen molar-refractivity contribution in [1.29, 1.82) is 0 Å². The standard InChI is InChI=1S/C22H22N2O2/c1-16-8-9-17(2)21(14-16)23-15-22(25)24-18-10-12-20(13-11-18)26-19-6-4-3-5-7-19/h3-14,23H,15H2,1-2H3,(H,24,25). The van der Waals surface area contributed by atoms with E-state index in [4.69, 9.17) is 4.74 Å². The number of anilines is 2. The maximum atomic E-state index is 12.2. The Hall–Kier alpha value is -3.27. The summed E-state index contributed by atoms with van der Waals surface area (Å²) in [6.07, 6.45) is 0. The van der Waals surface area contributed by atoms with Crippen molar-refractivity contribution in [3.63, 3.8) is 0 Å². The fourth-order valence-corrected chi connectivity index (χ4v) is 2.54. The molecule has 0 aromatic heterocycles. The molecule has 0 aliphatic carbocycles. The molecule has 3 rings (SSSR count). The summed E-state index contributed by atoms with van der Waals surface area (Å²) in [6, 6.07) is 23.0. The van der Waals surface area contributed by atoms with Crippen LogP contribution < -0.4 is 15.4 Å². The molecule has 0 bridgehead atoms. The van der Waals surface area contributed by atoms with E-state index in [2.05, 4.69) is 16.7 Å². The maximum Gasteiger partial charge on any atom is 0.243 e. The Morgan fingerprint density at radius 1 is 0.885 bits per heavy atom. The Kier molecular flexibility index (Phi) is 5.54. The first-order valence-electron chi connectivity index (χ1n) is 8.54. The minimum Gasteiger partial charge on any atom is -0.457 e. The summed E-state index contributed by atoms with van der Waals surface area (Å²) in [5.41, 5.74) is 3.99. The number of ether oxygens (including phenoxy) is 1. The lowest BCUT2D eigenvalue weighted by Crippen LogP contribution is -2.22. The normalized spacial score (nSPS) is 10.2. The van der Waals surface area contributed by atoms with E-state index < -0.39 is 0 Å². The maximum absolute atomic E-state index is 12.2. The van der Waals surface area contributed by atoms with E-state index in [-0.39, 0.29) is 12.5 Å². The van der Waals surface area contributed by atoms with Gasteiger partial charge in [-0.2, -0.15) is 0 Å². The Bertz CT molecular complexity index is 874. The van der Waals surface area contributed by atoms with E-state index >= 15 is 0 Å². The van der Waals surface area contributed by atoms with Gasteiger partial charge in [-0.15, -0.1) is 0 Å². The van der Waals surface area contributed by atoms with Crippen molar-refractivity contribution in [2.24, 2.45) is 0 Å². The number of nitrogens with one attached hydrogen (secondary N) is 2. The third kappa shape index (κ3) is 4.86. The van der Waals surface area contributed by atoms with E-state index in [0.717, 1.165) is 34.0 Å². The predicted molar refractivity (Wildman–Crippen MR) is 106 cm³/mol. The van der Waals surface area contributed by atoms with Crippen molar-refractivity contribution in [3.05, 3.63) is 83.9 Å². The third-order valence-corrected chi connectivity index (χ3v) is 3.95. The molecule has 0 aliphatic heterocycles. The molecule has 0 radical (unpaired) electrons. The molecule has 132 valence electrons. The number of benzene rings is 3. The number of carbonyl (C=O) groups excluding carboxylic acids is 1. The van der Waals surface area contributed by atoms with Crippen molar-refractivity contribution in [2.75, 3.05) is 17.2 Å². The number of para-hydroxylation sites is 1. The number of hydrogen-bond acceptors (Lipinski definition) is 3. The van der Waals surface area contributed by atoms with Gasteiger partial charge in [0.25, 0.3) is 0 Å². The summed E-state index contributed by atoms with van der Waals surface area (Å²) in [4.78, 5) is 12.2. The molecule has 0 unspecified atom stereocenters. The first-order valence-corrected chi connectivity index (χ1v) is 8.54. The van der Waals surface area contributed by atoms with Crippen LogP contribution in [0.3, 0.4) is 0 Å². The second kappa shape index (κ2) is 8.21. The van der Waals surface area contributed by atoms with Crippen LogP contribution in [0.5, 0.6) is 11.5 Å². The molecule has 0 saturated carbocycles. The van der Waals surface area contributed by atoms with Crippen LogP contribution in [0.4, 0.5) is 11.4 Å². The van der Waals surface area contributed by atoms with Crippen LogP contribution in [-0.2, 0) is 4.79 Å². The third-order valence-electron chi connectivity index (χ3n) is 3.95. The highest BCUT2D eigenvalue weighted by Gasteiger charge is 2.05. The van der Waals surface area contributed by atoms with Crippen molar-refractivity contribution >= 4 is 17.3 Å². The Balaban J connectivity index is 1.53. The van der Waals surface area contributed by atoms with Gasteiger partial charge in [0.1, 0.15) is 11.5 Å². The van der Waals surface area contributed by atoms with Gasteiger partial charge in [-0.3, -0.25) is 4.79 Å². The lowest BCUT2D eigenvalue weighted by atomic mass is 10.1. The Morgan fingerprint density at radius 3 is 2.31 bits per heavy atom. The molecule has 3 aromatic rings. The molecule has 0 heterocycles. The fraction of sp³-hybridized carbons (Fsp3) is 0.136. The highest BCUT2D eigenvalue weighted by Crippen LogP contribution is 2.22. The quantitative estimate of drug-likeness (QED) is 0.649. The molecule has 4 nitrogen and oxygen atoms in total. The van der Waals surface area contributed by atoms with Crippen molar-refractivity contribution < 1.29 is 9.53 Å². The minimum absolute atomic E-state index is 0.0948. The van der Waals surface area contributed by atoms with Crippen molar-refractivity contribution in [2.45, 2.75) is 13.8 Å². The predicted octanol–water partition coefficient (Wildman–Crippen LogP) is 5.15. The van der Waals surface area contributed by atoms with E-state index in [1.807, 2.05) is 80.6 Å². The zero-order valence-electron chi connectivity index (χ0n) is 15.0. The van der Waals surface area contributed by atoms with Gasteiger partial charge in [0.05, 0.1) is 6.54 Å². The van der Waals surface area contributed by atoms with Crippen molar-refractivity contribution in [3.8, 4) is 11.5 Å². The largest absolute Gasteiger partial charge is 0.457 e. The number of hydrogen-bond donors (Lipinski definition) is 2. The molecule has 0 aliphatic rings. The van der Waals surface area contributed by atoms with Crippen LogP contribution in [-0.4, -0.2) is 12.5 Å². The molecule has 0 fully saturated rings. The van der Waals surface area contributed by atoms with Crippen LogP contribution in [0.15, 0.2) is 72.8 Å². The smallest absolute Gasteiger partial charge is 0.243 e. The SMILES string of the molecule is Cc1ccc(C)c(NCC(=O)Nc2ccc(Oc3ccccc3)cc2)c1. The zero-order valence-corrected chi connectivity index (χ0v) is 15.0. The molecule has 0 spiro atoms. The molecular weight excluding hydrogens is 324 g/mol. The summed E-state index contributed by atoms with van der Waals surface area (Å²) in [5.74, 6) is 1.41. The molecule has 1 amide bonds. The highest BCUT2D eigenvalue weighted by atomic mass is 16.5. The molecule has 4 heteroatoms. The Morgan fingerprint density at radius 2 is 1.58 bits per heavy atom. The summed E-state index contributed by atoms with van der Waals surface area (Å²) in [5, 5.41) is 6.06. The van der Waals surface area contributed by atoms with Crippen LogP contribution in [0.2, 0.25) is 0 Å². The number of rotatable bonds is 6. The number of aryl methyl sites for hydroxylation is 2. The van der Waals surface area contributed by atoms with Crippen molar-refractivity contribution in [1.82, 2.24) is 0 Å². The first-order chi connectivity index (χ1) is 12.6. The van der Waals surface area contributed by atoms with Crippen LogP contribution >= 0.6 is 0 Å². The van der Waals surface area contributed by atoms with Gasteiger partial charge in [0, 0.05) is 11.4 Å². The second-order valence-electron chi connectivity index (χ2n) is 6.16. The second-order valence-corrected chi connectivity index (χ2v) is 6.16. The molecule has 3 aromatic carbocycles. The molecular formula is C22H22N2O2. The number of carbonyl (C=O) groups is 1. The number of amides is 1. The lowest BCUT2D eigenvalue weighted by molar-refractivity contribution is -0.114. The van der Waals surface area contributed by atoms with Crippen LogP contribution in [0.1, 0.15) is 11.1 Å². The monoisotopic (exact) mass is 346 g/mol. The average Bonchev–Trinajstić information content (AvgIpc) is 2.65. The first kappa shape index (κ1) is 17.5. The van der Waals surface area contributed by atoms with Gasteiger partial charge in [-0.1, -0.05) is 30.3 Å². The zero-order chi connectivity index (χ0) is 18.4. The van der Waals surface area contributed by atoms with E-state index in [9.17, 15) is 4.79 Å². The summed E-state index contributed by atoms with van der Waals surface area (Å²) in [6.45, 7) is 4.27. The van der Waals surface area contributed by atoms with Gasteiger partial charge in [-0.05, 0) is 67.4 Å². The van der Waals surface area contributed by atoms with Gasteiger partial charge in [0.2, 0.25) is 5.91 Å². The molecule has 2 N–H and O–H groups in total. The summed E-state index contributed by atoms with van der Waals surface area (Å²) >= 11 is 0. The van der Waals surface area contributed by atoms with Gasteiger partial charge in [-0.25, -0.2) is 0 Å². The molecule has 26 heavy (non-hydrogen) atoms. The van der Waals surface area contributed by atoms with Gasteiger partial charge < -0.3 is 15.4 Å². The molecule has 0 saturated heterocycles. The van der Waals surface area contributed by atoms with E-state index in [1.54, 1.807) is 0 Å². The van der Waals surface area contributed by atoms with E-state index in [0.29, 0.717) is 0 Å². The highest BCUT2D eigenvalue weighted by molar-refractivity contribution is 5.93. The lowest BCUT2D eigenvalue weighted by Gasteiger charge is -2.11. The summed E-state index contributed by atoms with van der Waals surface area (Å²) in [7, 11) is 0. The average molecular weight is 346 g/mol.